The highest BCUT2D eigenvalue weighted by Crippen LogP contribution is 2.28. The summed E-state index contributed by atoms with van der Waals surface area (Å²) in [5.74, 6) is 1.11. The summed E-state index contributed by atoms with van der Waals surface area (Å²) >= 11 is 0. The predicted molar refractivity (Wildman–Crippen MR) is 113 cm³/mol. The molecule has 1 N–H and O–H groups in total. The van der Waals surface area contributed by atoms with E-state index >= 15 is 0 Å². The Hall–Kier alpha value is -2.91. The van der Waals surface area contributed by atoms with Crippen LogP contribution in [0.5, 0.6) is 5.75 Å². The van der Waals surface area contributed by atoms with Gasteiger partial charge >= 0.3 is 0 Å². The minimum atomic E-state index is -0.303. The number of nitrogens with one attached hydrogen (secondary N) is 1. The highest BCUT2D eigenvalue weighted by molar-refractivity contribution is 5.92. The fourth-order valence-electron chi connectivity index (χ4n) is 3.94. The minimum absolute atomic E-state index is 0.105. The summed E-state index contributed by atoms with van der Waals surface area (Å²) in [5, 5.41) is 8.09. The number of benzene rings is 1. The van der Waals surface area contributed by atoms with Crippen LogP contribution in [0.15, 0.2) is 29.1 Å². The number of carbonyl (C=O) groups is 1. The molecule has 3 heterocycles. The molecule has 0 radical (unpaired) electrons. The Morgan fingerprint density at radius 2 is 2.07 bits per heavy atom. The van der Waals surface area contributed by atoms with Gasteiger partial charge in [0.1, 0.15) is 23.6 Å². The highest BCUT2D eigenvalue weighted by atomic mass is 16.5. The zero-order valence-electron chi connectivity index (χ0n) is 17.4. The van der Waals surface area contributed by atoms with Gasteiger partial charge < -0.3 is 14.8 Å². The van der Waals surface area contributed by atoms with Crippen LogP contribution in [0.2, 0.25) is 0 Å². The number of fused-ring (bicyclic) bond motifs is 3. The average Bonchev–Trinajstić information content (AvgIpc) is 3.16. The summed E-state index contributed by atoms with van der Waals surface area (Å²) in [6.45, 7) is 6.61. The van der Waals surface area contributed by atoms with Gasteiger partial charge in [0.2, 0.25) is 5.91 Å². The van der Waals surface area contributed by atoms with E-state index in [2.05, 4.69) is 15.3 Å². The molecule has 1 aliphatic rings. The van der Waals surface area contributed by atoms with Crippen LogP contribution in [-0.2, 0) is 16.1 Å². The van der Waals surface area contributed by atoms with Gasteiger partial charge in [-0.2, -0.15) is 5.10 Å². The van der Waals surface area contributed by atoms with Crippen LogP contribution < -0.4 is 15.6 Å². The molecule has 1 saturated heterocycles. The first kappa shape index (κ1) is 20.4. The second-order valence-corrected chi connectivity index (χ2v) is 7.43. The maximum Gasteiger partial charge on any atom is 0.291 e. The van der Waals surface area contributed by atoms with E-state index in [1.54, 1.807) is 17.6 Å². The molecule has 0 bridgehead atoms. The second kappa shape index (κ2) is 8.85. The quantitative estimate of drug-likeness (QED) is 0.577. The Kier molecular flexibility index (Phi) is 6.01. The Labute approximate surface area is 174 Å². The van der Waals surface area contributed by atoms with Crippen molar-refractivity contribution in [2.24, 2.45) is 0 Å². The van der Waals surface area contributed by atoms with Crippen LogP contribution in [-0.4, -0.2) is 71.5 Å². The molecule has 2 aromatic heterocycles. The Morgan fingerprint density at radius 3 is 2.83 bits per heavy atom. The lowest BCUT2D eigenvalue weighted by Crippen LogP contribution is -2.39. The van der Waals surface area contributed by atoms with Gasteiger partial charge in [0, 0.05) is 25.0 Å². The van der Waals surface area contributed by atoms with Crippen molar-refractivity contribution in [3.63, 3.8) is 0 Å². The number of aromatic nitrogens is 3. The molecule has 0 atom stereocenters. The van der Waals surface area contributed by atoms with Crippen LogP contribution in [0, 0.1) is 6.92 Å². The third-order valence-corrected chi connectivity index (χ3v) is 5.44. The molecule has 0 saturated carbocycles. The maximum atomic E-state index is 13.0. The number of morpholine rings is 1. The molecule has 0 aliphatic carbocycles. The number of hydrogen-bond donors (Lipinski definition) is 1. The molecular weight excluding hydrogens is 386 g/mol. The molecule has 3 aromatic rings. The normalized spacial score (nSPS) is 15.0. The molecule has 1 aromatic carbocycles. The van der Waals surface area contributed by atoms with Crippen molar-refractivity contribution in [2.45, 2.75) is 19.9 Å². The lowest BCUT2D eigenvalue weighted by atomic mass is 10.2. The number of ether oxygens (including phenoxy) is 2. The van der Waals surface area contributed by atoms with Crippen LogP contribution in [0.4, 0.5) is 0 Å². The van der Waals surface area contributed by atoms with Gasteiger partial charge in [0.25, 0.3) is 5.56 Å². The maximum absolute atomic E-state index is 13.0. The molecule has 0 spiro atoms. The van der Waals surface area contributed by atoms with Crippen molar-refractivity contribution in [2.75, 3.05) is 46.5 Å². The molecule has 160 valence electrons. The zero-order chi connectivity index (χ0) is 21.1. The first-order valence-corrected chi connectivity index (χ1v) is 10.2. The van der Waals surface area contributed by atoms with E-state index in [-0.39, 0.29) is 18.0 Å². The minimum Gasteiger partial charge on any atom is -0.496 e. The summed E-state index contributed by atoms with van der Waals surface area (Å²) < 4.78 is 13.8. The van der Waals surface area contributed by atoms with Gasteiger partial charge in [-0.25, -0.2) is 4.68 Å². The Morgan fingerprint density at radius 1 is 1.27 bits per heavy atom. The number of aryl methyl sites for hydroxylation is 1. The molecule has 9 heteroatoms. The Bertz CT molecular complexity index is 1110. The smallest absolute Gasteiger partial charge is 0.291 e. The molecule has 9 nitrogen and oxygen atoms in total. The zero-order valence-corrected chi connectivity index (χ0v) is 17.4. The van der Waals surface area contributed by atoms with Crippen molar-refractivity contribution in [3.8, 4) is 5.75 Å². The van der Waals surface area contributed by atoms with E-state index in [9.17, 15) is 9.59 Å². The van der Waals surface area contributed by atoms with Crippen molar-refractivity contribution in [1.29, 1.82) is 0 Å². The van der Waals surface area contributed by atoms with Crippen LogP contribution >= 0.6 is 0 Å². The summed E-state index contributed by atoms with van der Waals surface area (Å²) in [6.07, 6.45) is 0.857. The molecule has 4 rings (SSSR count). The monoisotopic (exact) mass is 413 g/mol. The lowest BCUT2D eigenvalue weighted by molar-refractivity contribution is -0.121. The van der Waals surface area contributed by atoms with E-state index in [1.807, 2.05) is 25.1 Å². The third-order valence-electron chi connectivity index (χ3n) is 5.44. The molecule has 30 heavy (non-hydrogen) atoms. The van der Waals surface area contributed by atoms with Crippen LogP contribution in [0.1, 0.15) is 12.2 Å². The molecular formula is C21H27N5O4. The largest absolute Gasteiger partial charge is 0.496 e. The number of amides is 1. The number of rotatable bonds is 7. The molecule has 1 fully saturated rings. The van der Waals surface area contributed by atoms with E-state index in [1.165, 1.54) is 4.68 Å². The summed E-state index contributed by atoms with van der Waals surface area (Å²) in [4.78, 5) is 27.7. The van der Waals surface area contributed by atoms with Crippen molar-refractivity contribution >= 4 is 22.3 Å². The van der Waals surface area contributed by atoms with Crippen LogP contribution in [0.25, 0.3) is 16.4 Å². The van der Waals surface area contributed by atoms with Gasteiger partial charge in [0.05, 0.1) is 25.8 Å². The van der Waals surface area contributed by atoms with E-state index in [4.69, 9.17) is 9.47 Å². The number of hydrogen-bond acceptors (Lipinski definition) is 6. The van der Waals surface area contributed by atoms with E-state index in [0.717, 1.165) is 50.2 Å². The van der Waals surface area contributed by atoms with Crippen LogP contribution in [0.3, 0.4) is 0 Å². The van der Waals surface area contributed by atoms with Gasteiger partial charge in [-0.15, -0.1) is 0 Å². The first-order valence-electron chi connectivity index (χ1n) is 10.2. The second-order valence-electron chi connectivity index (χ2n) is 7.43. The van der Waals surface area contributed by atoms with Gasteiger partial charge in [-0.1, -0.05) is 6.07 Å². The fraction of sp³-hybridized carbons (Fsp3) is 0.476. The average molecular weight is 413 g/mol. The number of carbonyl (C=O) groups excluding carboxylic acids is 1. The van der Waals surface area contributed by atoms with E-state index < -0.39 is 0 Å². The van der Waals surface area contributed by atoms with Gasteiger partial charge in [-0.05, 0) is 38.1 Å². The summed E-state index contributed by atoms with van der Waals surface area (Å²) in [6, 6.07) is 7.45. The van der Waals surface area contributed by atoms with Crippen molar-refractivity contribution in [3.05, 3.63) is 40.4 Å². The van der Waals surface area contributed by atoms with Gasteiger partial charge in [-0.3, -0.25) is 18.9 Å². The standard InChI is InChI=1S/C21H27N5O4/c1-15-23-25(14-20(27)22-7-4-8-24-9-11-30-12-10-24)21(28)18-13-16-17(26(15)18)5-3-6-19(16)29-2/h3,5-6,13H,4,7-12,14H2,1-2H3,(H,22,27). The predicted octanol–water partition coefficient (Wildman–Crippen LogP) is 0.805. The van der Waals surface area contributed by atoms with Gasteiger partial charge in [0.15, 0.2) is 0 Å². The third kappa shape index (κ3) is 4.03. The fourth-order valence-corrected chi connectivity index (χ4v) is 3.94. The Balaban J connectivity index is 1.46. The van der Waals surface area contributed by atoms with Crippen molar-refractivity contribution in [1.82, 2.24) is 24.4 Å². The summed E-state index contributed by atoms with van der Waals surface area (Å²) in [7, 11) is 1.60. The molecule has 1 aliphatic heterocycles. The SMILES string of the molecule is COc1cccc2c1cc1c(=O)n(CC(=O)NCCCN3CCOCC3)nc(C)n12. The molecule has 1 amide bonds. The number of methoxy groups -OCH3 is 1. The topological polar surface area (TPSA) is 90.1 Å². The van der Waals surface area contributed by atoms with E-state index in [0.29, 0.717) is 23.6 Å². The highest BCUT2D eigenvalue weighted by Gasteiger charge is 2.16. The summed E-state index contributed by atoms with van der Waals surface area (Å²) in [5.41, 5.74) is 1.02. The lowest BCUT2D eigenvalue weighted by Gasteiger charge is -2.26. The van der Waals surface area contributed by atoms with Crippen molar-refractivity contribution < 1.29 is 14.3 Å². The first-order chi connectivity index (χ1) is 14.6. The molecule has 0 unspecified atom stereocenters. The number of nitrogens with zero attached hydrogens (tertiary/aromatic N) is 4.